The quantitative estimate of drug-likeness (QED) is 0.595. The van der Waals surface area contributed by atoms with E-state index >= 15 is 0 Å². The second-order valence-corrected chi connectivity index (χ2v) is 3.98. The molecule has 0 atom stereocenters. The minimum atomic E-state index is 0.180. The maximum absolute atomic E-state index is 11.1. The standard InChI is InChI=1S/C9H17OS/c1-4-5-6-7-11-9(10)8(2)3/h8H,1,4-7H2,2-3H3. The molecule has 0 spiro atoms. The van der Waals surface area contributed by atoms with Crippen molar-refractivity contribution in [3.63, 3.8) is 0 Å². The molecule has 1 nitrogen and oxygen atoms in total. The number of carbonyl (C=O) groups excluding carboxylic acids is 1. The van der Waals surface area contributed by atoms with Crippen LogP contribution in [0.3, 0.4) is 0 Å². The molecule has 1 radical (unpaired) electrons. The molecule has 0 bridgehead atoms. The molecule has 2 heteroatoms. The van der Waals surface area contributed by atoms with E-state index in [0.29, 0.717) is 5.12 Å². The van der Waals surface area contributed by atoms with Crippen LogP contribution >= 0.6 is 11.8 Å². The number of unbranched alkanes of at least 4 members (excludes halogenated alkanes) is 2. The molecule has 0 heterocycles. The summed E-state index contributed by atoms with van der Waals surface area (Å²) in [6.07, 6.45) is 3.24. The Kier molecular flexibility index (Phi) is 6.73. The lowest BCUT2D eigenvalue weighted by Crippen LogP contribution is -2.02. The summed E-state index contributed by atoms with van der Waals surface area (Å²) in [5.41, 5.74) is 0. The molecule has 0 aliphatic carbocycles. The summed E-state index contributed by atoms with van der Waals surface area (Å²) in [6.45, 7) is 7.63. The van der Waals surface area contributed by atoms with Crippen molar-refractivity contribution in [2.45, 2.75) is 33.1 Å². The van der Waals surface area contributed by atoms with E-state index in [0.717, 1.165) is 25.0 Å². The van der Waals surface area contributed by atoms with Crippen LogP contribution in [0.4, 0.5) is 0 Å². The summed E-state index contributed by atoms with van der Waals surface area (Å²) in [5.74, 6) is 1.15. The summed E-state index contributed by atoms with van der Waals surface area (Å²) >= 11 is 1.46. The average molecular weight is 173 g/mol. The highest BCUT2D eigenvalue weighted by Gasteiger charge is 2.06. The Hall–Kier alpha value is 0.0200. The molecule has 0 aromatic carbocycles. The van der Waals surface area contributed by atoms with Gasteiger partial charge < -0.3 is 0 Å². The molecule has 0 fully saturated rings. The number of rotatable bonds is 5. The Bertz CT molecular complexity index is 110. The third-order valence-electron chi connectivity index (χ3n) is 1.36. The molecule has 0 saturated heterocycles. The molecule has 0 aliphatic heterocycles. The molecule has 0 amide bonds. The van der Waals surface area contributed by atoms with Crippen LogP contribution in [0.2, 0.25) is 0 Å². The van der Waals surface area contributed by atoms with Crippen LogP contribution in [0, 0.1) is 12.8 Å². The van der Waals surface area contributed by atoms with Crippen LogP contribution in [-0.2, 0) is 4.79 Å². The van der Waals surface area contributed by atoms with Gasteiger partial charge in [0, 0.05) is 11.7 Å². The second kappa shape index (κ2) is 6.71. The minimum Gasteiger partial charge on any atom is -0.287 e. The summed E-state index contributed by atoms with van der Waals surface area (Å²) in [6, 6.07) is 0. The predicted molar refractivity (Wildman–Crippen MR) is 51.5 cm³/mol. The van der Waals surface area contributed by atoms with E-state index in [1.54, 1.807) is 0 Å². The normalized spacial score (nSPS) is 10.5. The van der Waals surface area contributed by atoms with E-state index in [2.05, 4.69) is 6.92 Å². The molecule has 65 valence electrons. The highest BCUT2D eigenvalue weighted by Crippen LogP contribution is 2.12. The zero-order valence-electron chi connectivity index (χ0n) is 7.43. The fourth-order valence-electron chi connectivity index (χ4n) is 0.618. The molecule has 0 unspecified atom stereocenters. The van der Waals surface area contributed by atoms with Crippen LogP contribution in [-0.4, -0.2) is 10.9 Å². The highest BCUT2D eigenvalue weighted by atomic mass is 32.2. The predicted octanol–water partition coefficient (Wildman–Crippen LogP) is 2.91. The lowest BCUT2D eigenvalue weighted by Gasteiger charge is -2.01. The smallest absolute Gasteiger partial charge is 0.191 e. The van der Waals surface area contributed by atoms with Crippen LogP contribution in [0.25, 0.3) is 0 Å². The minimum absolute atomic E-state index is 0.180. The van der Waals surface area contributed by atoms with Gasteiger partial charge in [-0.25, -0.2) is 0 Å². The van der Waals surface area contributed by atoms with Crippen molar-refractivity contribution in [3.05, 3.63) is 6.92 Å². The molecule has 0 aromatic heterocycles. The van der Waals surface area contributed by atoms with E-state index in [-0.39, 0.29) is 5.92 Å². The highest BCUT2D eigenvalue weighted by molar-refractivity contribution is 8.13. The zero-order chi connectivity index (χ0) is 8.69. The van der Waals surface area contributed by atoms with Gasteiger partial charge in [-0.15, -0.1) is 0 Å². The molecule has 0 aromatic rings. The summed E-state index contributed by atoms with van der Waals surface area (Å²) in [5, 5.41) is 0.314. The molecule has 0 N–H and O–H groups in total. The van der Waals surface area contributed by atoms with Gasteiger partial charge in [-0.3, -0.25) is 4.79 Å². The first-order valence-corrected chi connectivity index (χ1v) is 5.13. The molecule has 0 saturated carbocycles. The number of hydrogen-bond donors (Lipinski definition) is 0. The van der Waals surface area contributed by atoms with Crippen molar-refractivity contribution >= 4 is 16.9 Å². The van der Waals surface area contributed by atoms with E-state index in [4.69, 9.17) is 0 Å². The van der Waals surface area contributed by atoms with E-state index in [1.807, 2.05) is 13.8 Å². The molecule has 0 rings (SSSR count). The SMILES string of the molecule is [CH2]CCCCSC(=O)C(C)C. The van der Waals surface area contributed by atoms with Gasteiger partial charge >= 0.3 is 0 Å². The topological polar surface area (TPSA) is 17.1 Å². The first-order chi connectivity index (χ1) is 5.18. The van der Waals surface area contributed by atoms with Gasteiger partial charge in [0.25, 0.3) is 0 Å². The Morgan fingerprint density at radius 3 is 2.55 bits per heavy atom. The molecular formula is C9H17OS. The van der Waals surface area contributed by atoms with Gasteiger partial charge in [0.1, 0.15) is 0 Å². The Balaban J connectivity index is 3.18. The first kappa shape index (κ1) is 11.0. The van der Waals surface area contributed by atoms with Crippen molar-refractivity contribution in [2.24, 2.45) is 5.92 Å². The van der Waals surface area contributed by atoms with Gasteiger partial charge in [-0.2, -0.15) is 0 Å². The van der Waals surface area contributed by atoms with Crippen molar-refractivity contribution < 1.29 is 4.79 Å². The average Bonchev–Trinajstić information content (AvgIpc) is 1.97. The summed E-state index contributed by atoms with van der Waals surface area (Å²) < 4.78 is 0. The Morgan fingerprint density at radius 1 is 1.45 bits per heavy atom. The van der Waals surface area contributed by atoms with Gasteiger partial charge in [0.15, 0.2) is 5.12 Å². The lowest BCUT2D eigenvalue weighted by molar-refractivity contribution is -0.113. The van der Waals surface area contributed by atoms with Crippen molar-refractivity contribution in [2.75, 3.05) is 5.75 Å². The van der Waals surface area contributed by atoms with Crippen molar-refractivity contribution in [1.29, 1.82) is 0 Å². The van der Waals surface area contributed by atoms with E-state index in [9.17, 15) is 4.79 Å². The van der Waals surface area contributed by atoms with Gasteiger partial charge in [-0.05, 0) is 6.42 Å². The van der Waals surface area contributed by atoms with Gasteiger partial charge in [0.05, 0.1) is 0 Å². The molecular weight excluding hydrogens is 156 g/mol. The maximum Gasteiger partial charge on any atom is 0.191 e. The summed E-state index contributed by atoms with van der Waals surface area (Å²) in [4.78, 5) is 11.1. The third kappa shape index (κ3) is 6.42. The van der Waals surface area contributed by atoms with Crippen molar-refractivity contribution in [1.82, 2.24) is 0 Å². The Morgan fingerprint density at radius 2 is 2.09 bits per heavy atom. The fourth-order valence-corrected chi connectivity index (χ4v) is 1.50. The summed E-state index contributed by atoms with van der Waals surface area (Å²) in [7, 11) is 0. The van der Waals surface area contributed by atoms with Crippen LogP contribution < -0.4 is 0 Å². The molecule has 0 aliphatic rings. The third-order valence-corrected chi connectivity index (χ3v) is 2.61. The van der Waals surface area contributed by atoms with E-state index in [1.165, 1.54) is 11.8 Å². The first-order valence-electron chi connectivity index (χ1n) is 4.14. The largest absolute Gasteiger partial charge is 0.287 e. The monoisotopic (exact) mass is 173 g/mol. The Labute approximate surface area is 73.9 Å². The van der Waals surface area contributed by atoms with Gasteiger partial charge in [0.2, 0.25) is 0 Å². The van der Waals surface area contributed by atoms with Crippen LogP contribution in [0.5, 0.6) is 0 Å². The molecule has 11 heavy (non-hydrogen) atoms. The maximum atomic E-state index is 11.1. The lowest BCUT2D eigenvalue weighted by atomic mass is 10.3. The number of thioether (sulfide) groups is 1. The van der Waals surface area contributed by atoms with Crippen LogP contribution in [0.1, 0.15) is 33.1 Å². The van der Waals surface area contributed by atoms with Gasteiger partial charge in [-0.1, -0.05) is 45.4 Å². The zero-order valence-corrected chi connectivity index (χ0v) is 8.25. The number of carbonyl (C=O) groups is 1. The van der Waals surface area contributed by atoms with Crippen molar-refractivity contribution in [3.8, 4) is 0 Å². The fraction of sp³-hybridized carbons (Fsp3) is 0.778. The van der Waals surface area contributed by atoms with E-state index < -0.39 is 0 Å². The second-order valence-electron chi connectivity index (χ2n) is 2.88. The number of hydrogen-bond acceptors (Lipinski definition) is 2. The van der Waals surface area contributed by atoms with Crippen LogP contribution in [0.15, 0.2) is 0 Å².